The van der Waals surface area contributed by atoms with Crippen molar-refractivity contribution < 1.29 is 49.9 Å². The van der Waals surface area contributed by atoms with Crippen molar-refractivity contribution in [3.63, 3.8) is 0 Å². The van der Waals surface area contributed by atoms with Crippen molar-refractivity contribution >= 4 is 13.1 Å². The molecule has 0 spiro atoms. The quantitative estimate of drug-likeness (QED) is 0.334. The molecule has 1 aliphatic heterocycles. The van der Waals surface area contributed by atoms with E-state index in [2.05, 4.69) is 4.74 Å². The van der Waals surface area contributed by atoms with Crippen LogP contribution in [0, 0.1) is 0 Å². The molecule has 174 valence electrons. The normalized spacial score (nSPS) is 20.3. The fourth-order valence-electron chi connectivity index (χ4n) is 2.87. The average molecular weight is 456 g/mol. The number of methoxy groups -OCH3 is 1. The third kappa shape index (κ3) is 5.65. The van der Waals surface area contributed by atoms with Gasteiger partial charge in [0.15, 0.2) is 0 Å². The molecule has 31 heavy (non-hydrogen) atoms. The van der Waals surface area contributed by atoms with E-state index in [1.807, 2.05) is 0 Å². The van der Waals surface area contributed by atoms with Gasteiger partial charge in [0.25, 0.3) is 6.17 Å². The van der Waals surface area contributed by atoms with E-state index in [0.29, 0.717) is 5.56 Å². The van der Waals surface area contributed by atoms with Crippen LogP contribution < -0.4 is 4.74 Å². The summed E-state index contributed by atoms with van der Waals surface area (Å²) in [6, 6.07) is 4.40. The number of ether oxygens (including phenoxy) is 2. The second-order valence-electron chi connectivity index (χ2n) is 8.15. The van der Waals surface area contributed by atoms with E-state index in [0.717, 1.165) is 12.1 Å². The van der Waals surface area contributed by atoms with Crippen LogP contribution in [0.2, 0.25) is 0 Å². The van der Waals surface area contributed by atoms with Gasteiger partial charge in [-0.15, -0.1) is 0 Å². The van der Waals surface area contributed by atoms with Crippen LogP contribution in [0.3, 0.4) is 0 Å². The lowest BCUT2D eigenvalue weighted by Crippen LogP contribution is -2.45. The zero-order chi connectivity index (χ0) is 23.8. The van der Waals surface area contributed by atoms with Crippen molar-refractivity contribution in [2.75, 3.05) is 7.11 Å². The van der Waals surface area contributed by atoms with Gasteiger partial charge in [-0.3, -0.25) is 4.79 Å². The van der Waals surface area contributed by atoms with Gasteiger partial charge in [-0.1, -0.05) is 12.1 Å². The predicted octanol–water partition coefficient (Wildman–Crippen LogP) is 4.84. The average Bonchev–Trinajstić information content (AvgIpc) is 2.85. The highest BCUT2D eigenvalue weighted by Crippen LogP contribution is 2.42. The first-order valence-electron chi connectivity index (χ1n) is 9.30. The number of hydrogen-bond donors (Lipinski definition) is 0. The first-order valence-corrected chi connectivity index (χ1v) is 9.30. The van der Waals surface area contributed by atoms with Crippen LogP contribution in [0.4, 0.5) is 26.3 Å². The highest BCUT2D eigenvalue weighted by atomic mass is 19.4. The largest absolute Gasteiger partial charge is 0.469 e. The second-order valence-corrected chi connectivity index (χ2v) is 8.15. The third-order valence-corrected chi connectivity index (χ3v) is 5.36. The van der Waals surface area contributed by atoms with Crippen LogP contribution in [-0.2, 0) is 18.8 Å². The van der Waals surface area contributed by atoms with Gasteiger partial charge in [0.1, 0.15) is 5.75 Å². The van der Waals surface area contributed by atoms with E-state index in [4.69, 9.17) is 14.0 Å². The maximum atomic E-state index is 13.5. The van der Waals surface area contributed by atoms with E-state index >= 15 is 0 Å². The Morgan fingerprint density at radius 1 is 1.03 bits per heavy atom. The molecule has 2 rings (SSSR count). The van der Waals surface area contributed by atoms with Gasteiger partial charge in [-0.2, -0.15) is 22.0 Å². The highest BCUT2D eigenvalue weighted by Gasteiger charge is 2.59. The Morgan fingerprint density at radius 2 is 1.52 bits per heavy atom. The monoisotopic (exact) mass is 456 g/mol. The Balaban J connectivity index is 2.26. The third-order valence-electron chi connectivity index (χ3n) is 5.36. The summed E-state index contributed by atoms with van der Waals surface area (Å²) in [5.41, 5.74) is -1.04. The van der Waals surface area contributed by atoms with Gasteiger partial charge >= 0.3 is 25.4 Å². The van der Waals surface area contributed by atoms with Gasteiger partial charge in [0, 0.05) is 5.82 Å². The molecule has 1 saturated heterocycles. The second kappa shape index (κ2) is 8.53. The number of esters is 1. The van der Waals surface area contributed by atoms with Crippen LogP contribution in [-0.4, -0.2) is 49.9 Å². The minimum atomic E-state index is -5.79. The minimum absolute atomic E-state index is 0.176. The fourth-order valence-corrected chi connectivity index (χ4v) is 2.87. The molecule has 0 aromatic heterocycles. The molecular formula is C19H23BF6O5. The molecule has 1 aromatic rings. The summed E-state index contributed by atoms with van der Waals surface area (Å²) in [7, 11) is 0.300. The number of carbonyl (C=O) groups is 1. The van der Waals surface area contributed by atoms with Gasteiger partial charge < -0.3 is 18.8 Å². The Morgan fingerprint density at radius 3 is 1.94 bits per heavy atom. The molecule has 0 aliphatic carbocycles. The standard InChI is InChI=1S/C19H23BF6O5/c1-16(2)17(3,4)31-20(30-16)13(10-14(27)28-5)11-6-8-12(9-7-11)29-19(25,26)15(21)18(22,23)24/h6-9,13,15H,10H2,1-5H3/t13?,15-/m1/s1. The van der Waals surface area contributed by atoms with Crippen molar-refractivity contribution in [2.24, 2.45) is 0 Å². The number of halogens is 6. The SMILES string of the molecule is COC(=O)CC(B1OC(C)(C)C(C)(C)O1)c1ccc(OC(F)(F)[C@H](F)C(F)(F)F)cc1. The summed E-state index contributed by atoms with van der Waals surface area (Å²) in [5, 5.41) is 0. The predicted molar refractivity (Wildman–Crippen MR) is 98.4 cm³/mol. The molecule has 1 unspecified atom stereocenters. The first-order chi connectivity index (χ1) is 14.0. The zero-order valence-electron chi connectivity index (χ0n) is 17.6. The molecule has 12 heteroatoms. The number of alkyl halides is 6. The molecule has 1 aliphatic rings. The molecule has 1 fully saturated rings. The Kier molecular flexibility index (Phi) is 6.97. The Hall–Kier alpha value is -1.95. The van der Waals surface area contributed by atoms with Crippen LogP contribution in [0.1, 0.15) is 45.5 Å². The molecule has 0 radical (unpaired) electrons. The topological polar surface area (TPSA) is 54.0 Å². The summed E-state index contributed by atoms with van der Waals surface area (Å²) in [5.74, 6) is -1.99. The summed E-state index contributed by atoms with van der Waals surface area (Å²) >= 11 is 0. The number of carbonyl (C=O) groups excluding carboxylic acids is 1. The van der Waals surface area contributed by atoms with Gasteiger partial charge in [-0.25, -0.2) is 4.39 Å². The summed E-state index contributed by atoms with van der Waals surface area (Å²) in [6.45, 7) is 7.20. The lowest BCUT2D eigenvalue weighted by molar-refractivity contribution is -0.304. The molecule has 1 heterocycles. The summed E-state index contributed by atoms with van der Waals surface area (Å²) in [4.78, 5) is 11.9. The van der Waals surface area contributed by atoms with Gasteiger partial charge in [-0.05, 0) is 45.4 Å². The molecular weight excluding hydrogens is 433 g/mol. The molecule has 1 aromatic carbocycles. The lowest BCUT2D eigenvalue weighted by Gasteiger charge is -2.32. The maximum Gasteiger partial charge on any atom is 0.466 e. The van der Waals surface area contributed by atoms with Crippen molar-refractivity contribution in [1.29, 1.82) is 0 Å². The van der Waals surface area contributed by atoms with Crippen LogP contribution in [0.25, 0.3) is 0 Å². The van der Waals surface area contributed by atoms with Crippen LogP contribution in [0.5, 0.6) is 5.75 Å². The Bertz CT molecular complexity index is 765. The molecule has 2 atom stereocenters. The molecule has 0 bridgehead atoms. The maximum absolute atomic E-state index is 13.5. The zero-order valence-corrected chi connectivity index (χ0v) is 17.6. The smallest absolute Gasteiger partial charge is 0.466 e. The van der Waals surface area contributed by atoms with E-state index in [9.17, 15) is 31.1 Å². The molecule has 5 nitrogen and oxygen atoms in total. The number of rotatable bonds is 7. The van der Waals surface area contributed by atoms with E-state index < -0.39 is 54.3 Å². The number of hydrogen-bond acceptors (Lipinski definition) is 5. The van der Waals surface area contributed by atoms with Gasteiger partial charge in [0.2, 0.25) is 0 Å². The van der Waals surface area contributed by atoms with Crippen molar-refractivity contribution in [3.8, 4) is 5.75 Å². The van der Waals surface area contributed by atoms with Crippen molar-refractivity contribution in [3.05, 3.63) is 29.8 Å². The van der Waals surface area contributed by atoms with E-state index in [1.165, 1.54) is 19.2 Å². The van der Waals surface area contributed by atoms with E-state index in [1.54, 1.807) is 27.7 Å². The van der Waals surface area contributed by atoms with Gasteiger partial charge in [0.05, 0.1) is 24.7 Å². The van der Waals surface area contributed by atoms with Crippen LogP contribution >= 0.6 is 0 Å². The molecule has 0 saturated carbocycles. The molecule has 0 amide bonds. The minimum Gasteiger partial charge on any atom is -0.469 e. The lowest BCUT2D eigenvalue weighted by atomic mass is 9.66. The summed E-state index contributed by atoms with van der Waals surface area (Å²) < 4.78 is 97.3. The van der Waals surface area contributed by atoms with E-state index in [-0.39, 0.29) is 6.42 Å². The van der Waals surface area contributed by atoms with Crippen molar-refractivity contribution in [2.45, 2.75) is 69.6 Å². The van der Waals surface area contributed by atoms with Crippen molar-refractivity contribution in [1.82, 2.24) is 0 Å². The summed E-state index contributed by atoms with van der Waals surface area (Å²) in [6.07, 6.45) is -15.6. The first kappa shape index (κ1) is 25.3. The Labute approximate surface area is 176 Å². The highest BCUT2D eigenvalue weighted by molar-refractivity contribution is 6.48. The fraction of sp³-hybridized carbons (Fsp3) is 0.632. The molecule has 0 N–H and O–H groups in total. The number of benzene rings is 1. The van der Waals surface area contributed by atoms with Crippen LogP contribution in [0.15, 0.2) is 24.3 Å².